The van der Waals surface area contributed by atoms with Crippen molar-refractivity contribution in [1.82, 2.24) is 19.9 Å². The average Bonchev–Trinajstić information content (AvgIpc) is 2.69. The first-order valence-corrected chi connectivity index (χ1v) is 11.7. The van der Waals surface area contributed by atoms with Gasteiger partial charge in [-0.15, -0.1) is 0 Å². The van der Waals surface area contributed by atoms with Crippen LogP contribution in [0.3, 0.4) is 0 Å². The van der Waals surface area contributed by atoms with E-state index in [1.165, 1.54) is 18.2 Å². The summed E-state index contributed by atoms with van der Waals surface area (Å²) in [4.78, 5) is 4.70. The standard InChI is InChI=1S/C16H30N4Si/c1-12-8-16(9-13(16)20(12)15(2,3)4)11-19-17-10-14(18-19)21(5,6)7/h10,12-13H,8-9,11H2,1-7H3/t12-,13-,16+/m1/s1. The van der Waals surface area contributed by atoms with Crippen LogP contribution in [0.2, 0.25) is 19.6 Å². The van der Waals surface area contributed by atoms with Gasteiger partial charge in [-0.3, -0.25) is 4.90 Å². The second-order valence-electron chi connectivity index (χ2n) is 9.22. The molecule has 0 aromatic carbocycles. The van der Waals surface area contributed by atoms with E-state index in [9.17, 15) is 0 Å². The fourth-order valence-electron chi connectivity index (χ4n) is 4.29. The third-order valence-corrected chi connectivity index (χ3v) is 6.96. The van der Waals surface area contributed by atoms with Gasteiger partial charge >= 0.3 is 0 Å². The van der Waals surface area contributed by atoms with Crippen LogP contribution in [0.1, 0.15) is 40.5 Å². The number of hydrogen-bond donors (Lipinski definition) is 0. The molecule has 5 heteroatoms. The monoisotopic (exact) mass is 306 g/mol. The molecule has 0 amide bonds. The van der Waals surface area contributed by atoms with Crippen LogP contribution in [0.15, 0.2) is 6.20 Å². The van der Waals surface area contributed by atoms with E-state index < -0.39 is 8.07 Å². The maximum Gasteiger partial charge on any atom is 0.106 e. The SMILES string of the molecule is C[C@@H]1C[C@@]2(Cn3ncc([Si](C)(C)C)n3)C[C@H]2N1C(C)(C)C. The van der Waals surface area contributed by atoms with Gasteiger partial charge in [0, 0.05) is 23.0 Å². The van der Waals surface area contributed by atoms with Gasteiger partial charge in [0.2, 0.25) is 0 Å². The number of aromatic nitrogens is 3. The van der Waals surface area contributed by atoms with Crippen molar-refractivity contribution in [2.24, 2.45) is 5.41 Å². The zero-order valence-electron chi connectivity index (χ0n) is 14.6. The Morgan fingerprint density at radius 1 is 1.29 bits per heavy atom. The van der Waals surface area contributed by atoms with Crippen molar-refractivity contribution in [3.63, 3.8) is 0 Å². The first-order chi connectivity index (χ1) is 9.53. The quantitative estimate of drug-likeness (QED) is 0.805. The molecule has 0 spiro atoms. The molecule has 0 N–H and O–H groups in total. The van der Waals surface area contributed by atoms with Crippen LogP contribution in [-0.4, -0.2) is 45.6 Å². The number of rotatable bonds is 3. The van der Waals surface area contributed by atoms with Gasteiger partial charge in [-0.2, -0.15) is 15.0 Å². The van der Waals surface area contributed by atoms with Crippen molar-refractivity contribution >= 4 is 13.4 Å². The van der Waals surface area contributed by atoms with E-state index in [-0.39, 0.29) is 5.54 Å². The van der Waals surface area contributed by atoms with Crippen LogP contribution >= 0.6 is 0 Å². The van der Waals surface area contributed by atoms with E-state index in [1.54, 1.807) is 0 Å². The lowest BCUT2D eigenvalue weighted by molar-refractivity contribution is 0.104. The molecule has 2 fully saturated rings. The lowest BCUT2D eigenvalue weighted by Gasteiger charge is -2.37. The van der Waals surface area contributed by atoms with Crippen LogP contribution in [0, 0.1) is 5.41 Å². The van der Waals surface area contributed by atoms with Gasteiger partial charge in [0.1, 0.15) is 8.07 Å². The highest BCUT2D eigenvalue weighted by Crippen LogP contribution is 2.61. The highest BCUT2D eigenvalue weighted by atomic mass is 28.3. The summed E-state index contributed by atoms with van der Waals surface area (Å²) in [6.45, 7) is 17.4. The molecule has 2 aliphatic rings. The number of nitrogens with zero attached hydrogens (tertiary/aromatic N) is 4. The van der Waals surface area contributed by atoms with E-state index >= 15 is 0 Å². The topological polar surface area (TPSA) is 34.0 Å². The van der Waals surface area contributed by atoms with Crippen molar-refractivity contribution in [1.29, 1.82) is 0 Å². The third-order valence-electron chi connectivity index (χ3n) is 5.20. The highest BCUT2D eigenvalue weighted by Gasteiger charge is 2.65. The molecule has 0 bridgehead atoms. The summed E-state index contributed by atoms with van der Waals surface area (Å²) in [7, 11) is -1.34. The van der Waals surface area contributed by atoms with Crippen molar-refractivity contribution in [3.8, 4) is 0 Å². The largest absolute Gasteiger partial charge is 0.292 e. The predicted octanol–water partition coefficient (Wildman–Crippen LogP) is 2.47. The highest BCUT2D eigenvalue weighted by molar-refractivity contribution is 6.88. The van der Waals surface area contributed by atoms with E-state index in [4.69, 9.17) is 5.10 Å². The van der Waals surface area contributed by atoms with Crippen molar-refractivity contribution in [2.45, 2.75) is 84.3 Å². The minimum Gasteiger partial charge on any atom is -0.292 e. The minimum atomic E-state index is -1.34. The van der Waals surface area contributed by atoms with Gasteiger partial charge in [0.15, 0.2) is 0 Å². The summed E-state index contributed by atoms with van der Waals surface area (Å²) in [5, 5.41) is 10.6. The molecule has 2 heterocycles. The van der Waals surface area contributed by atoms with Crippen LogP contribution in [0.5, 0.6) is 0 Å². The Kier molecular flexibility index (Phi) is 3.20. The first kappa shape index (κ1) is 15.2. The molecular weight excluding hydrogens is 276 g/mol. The van der Waals surface area contributed by atoms with Gasteiger partial charge in [-0.25, -0.2) is 0 Å². The molecule has 1 saturated heterocycles. The van der Waals surface area contributed by atoms with Gasteiger partial charge < -0.3 is 0 Å². The zero-order chi connectivity index (χ0) is 15.6. The minimum absolute atomic E-state index is 0.267. The first-order valence-electron chi connectivity index (χ1n) is 8.22. The molecule has 1 aliphatic carbocycles. The van der Waals surface area contributed by atoms with Crippen LogP contribution < -0.4 is 5.32 Å². The van der Waals surface area contributed by atoms with Crippen molar-refractivity contribution < 1.29 is 0 Å². The molecule has 1 aliphatic heterocycles. The summed E-state index contributed by atoms with van der Waals surface area (Å²) < 4.78 is 0. The third kappa shape index (κ3) is 2.59. The molecule has 1 aromatic heterocycles. The average molecular weight is 307 g/mol. The number of likely N-dealkylation sites (tertiary alicyclic amines) is 1. The Bertz CT molecular complexity index is 539. The number of fused-ring (bicyclic) bond motifs is 1. The molecule has 3 atom stereocenters. The normalized spacial score (nSPS) is 33.3. The summed E-state index contributed by atoms with van der Waals surface area (Å²) >= 11 is 0. The maximum atomic E-state index is 4.78. The van der Waals surface area contributed by atoms with Gasteiger partial charge in [0.05, 0.1) is 18.1 Å². The molecule has 3 rings (SSSR count). The predicted molar refractivity (Wildman–Crippen MR) is 89.5 cm³/mol. The van der Waals surface area contributed by atoms with Crippen molar-refractivity contribution in [2.75, 3.05) is 0 Å². The number of piperidine rings is 1. The van der Waals surface area contributed by atoms with Crippen LogP contribution in [-0.2, 0) is 6.54 Å². The maximum absolute atomic E-state index is 4.78. The molecule has 118 valence electrons. The van der Waals surface area contributed by atoms with Gasteiger partial charge in [-0.1, -0.05) is 19.6 Å². The smallest absolute Gasteiger partial charge is 0.106 e. The molecule has 4 nitrogen and oxygen atoms in total. The van der Waals surface area contributed by atoms with Crippen LogP contribution in [0.4, 0.5) is 0 Å². The van der Waals surface area contributed by atoms with Crippen LogP contribution in [0.25, 0.3) is 0 Å². The molecule has 1 saturated carbocycles. The molecule has 0 unspecified atom stereocenters. The summed E-state index contributed by atoms with van der Waals surface area (Å²) in [6, 6.07) is 1.41. The van der Waals surface area contributed by atoms with Gasteiger partial charge in [-0.05, 0) is 40.5 Å². The second-order valence-corrected chi connectivity index (χ2v) is 14.2. The van der Waals surface area contributed by atoms with E-state index in [0.717, 1.165) is 12.6 Å². The fraction of sp³-hybridized carbons (Fsp3) is 0.875. The lowest BCUT2D eigenvalue weighted by Crippen LogP contribution is -2.45. The Labute approximate surface area is 129 Å². The summed E-state index contributed by atoms with van der Waals surface area (Å²) in [5.41, 5.74) is 0.700. The Hall–Kier alpha value is -0.683. The van der Waals surface area contributed by atoms with E-state index in [1.807, 2.05) is 11.0 Å². The Balaban J connectivity index is 1.75. The number of hydrogen-bond acceptors (Lipinski definition) is 3. The molecule has 21 heavy (non-hydrogen) atoms. The van der Waals surface area contributed by atoms with E-state index in [2.05, 4.69) is 57.3 Å². The Morgan fingerprint density at radius 3 is 2.43 bits per heavy atom. The molecule has 0 radical (unpaired) electrons. The summed E-state index contributed by atoms with van der Waals surface area (Å²) in [6.07, 6.45) is 4.61. The Morgan fingerprint density at radius 2 is 1.95 bits per heavy atom. The van der Waals surface area contributed by atoms with Crippen molar-refractivity contribution in [3.05, 3.63) is 6.20 Å². The van der Waals surface area contributed by atoms with Gasteiger partial charge in [0.25, 0.3) is 0 Å². The summed E-state index contributed by atoms with van der Waals surface area (Å²) in [5.74, 6) is 0. The van der Waals surface area contributed by atoms with E-state index in [0.29, 0.717) is 11.5 Å². The zero-order valence-corrected chi connectivity index (χ0v) is 15.6. The lowest BCUT2D eigenvalue weighted by atomic mass is 9.99. The molecular formula is C16H30N4Si. The second kappa shape index (κ2) is 4.41. The molecule has 1 aromatic rings. The fourth-order valence-corrected chi connectivity index (χ4v) is 5.16.